The van der Waals surface area contributed by atoms with Crippen LogP contribution in [0.1, 0.15) is 34.0 Å². The third kappa shape index (κ3) is 3.68. The number of carbonyl (C=O) groups excluding carboxylic acids is 1. The van der Waals surface area contributed by atoms with Crippen LogP contribution in [-0.4, -0.2) is 43.2 Å². The van der Waals surface area contributed by atoms with E-state index in [1.807, 2.05) is 0 Å². The molecule has 7 nitrogen and oxygen atoms in total. The van der Waals surface area contributed by atoms with Crippen molar-refractivity contribution in [1.29, 1.82) is 0 Å². The van der Waals surface area contributed by atoms with Crippen LogP contribution in [0, 0.1) is 0 Å². The summed E-state index contributed by atoms with van der Waals surface area (Å²) in [5.74, 6) is -2.15. The molecule has 0 atom stereocenters. The summed E-state index contributed by atoms with van der Waals surface area (Å²) in [5.41, 5.74) is 0.971. The van der Waals surface area contributed by atoms with Gasteiger partial charge in [-0.1, -0.05) is 12.1 Å². The van der Waals surface area contributed by atoms with Gasteiger partial charge in [-0.05, 0) is 24.1 Å². The van der Waals surface area contributed by atoms with Crippen molar-refractivity contribution >= 4 is 11.9 Å². The predicted octanol–water partition coefficient (Wildman–Crippen LogP) is 1.97. The molecule has 0 aliphatic carbocycles. The summed E-state index contributed by atoms with van der Waals surface area (Å²) in [7, 11) is 0. The van der Waals surface area contributed by atoms with Gasteiger partial charge in [0.05, 0.1) is 12.1 Å². The lowest BCUT2D eigenvalue weighted by atomic mass is 10.1. The van der Waals surface area contributed by atoms with E-state index in [9.17, 15) is 22.8 Å². The zero-order chi connectivity index (χ0) is 18.9. The highest BCUT2D eigenvalue weighted by Crippen LogP contribution is 2.29. The number of fused-ring (bicyclic) bond motifs is 1. The van der Waals surface area contributed by atoms with Gasteiger partial charge in [0.25, 0.3) is 0 Å². The number of hydrogen-bond donors (Lipinski definition) is 1. The first-order chi connectivity index (χ1) is 12.3. The SMILES string of the molecule is O=C(O)c1ccc(CCC(=O)N2CCn3c(nnc3C(F)(F)F)C2)cc1. The second-order valence-corrected chi connectivity index (χ2v) is 5.91. The molecule has 26 heavy (non-hydrogen) atoms. The summed E-state index contributed by atoms with van der Waals surface area (Å²) in [4.78, 5) is 24.6. The molecule has 0 fully saturated rings. The van der Waals surface area contributed by atoms with E-state index in [-0.39, 0.29) is 43.4 Å². The highest BCUT2D eigenvalue weighted by molar-refractivity contribution is 5.87. The van der Waals surface area contributed by atoms with Crippen LogP contribution in [-0.2, 0) is 30.5 Å². The van der Waals surface area contributed by atoms with Crippen molar-refractivity contribution in [3.05, 3.63) is 47.0 Å². The van der Waals surface area contributed by atoms with Crippen LogP contribution in [0.3, 0.4) is 0 Å². The van der Waals surface area contributed by atoms with Gasteiger partial charge in [0.15, 0.2) is 5.82 Å². The van der Waals surface area contributed by atoms with Crippen molar-refractivity contribution in [2.75, 3.05) is 6.54 Å². The summed E-state index contributed by atoms with van der Waals surface area (Å²) in [6.07, 6.45) is -3.98. The molecular formula is C16H15F3N4O3. The molecule has 10 heteroatoms. The van der Waals surface area contributed by atoms with Crippen LogP contribution in [0.4, 0.5) is 13.2 Å². The Labute approximate surface area is 146 Å². The van der Waals surface area contributed by atoms with Crippen LogP contribution in [0.2, 0.25) is 0 Å². The molecule has 0 bridgehead atoms. The zero-order valence-electron chi connectivity index (χ0n) is 13.5. The number of hydrogen-bond acceptors (Lipinski definition) is 4. The number of aromatic carboxylic acids is 1. The van der Waals surface area contributed by atoms with Gasteiger partial charge in [0.2, 0.25) is 11.7 Å². The average molecular weight is 368 g/mol. The van der Waals surface area contributed by atoms with Gasteiger partial charge in [-0.2, -0.15) is 13.2 Å². The van der Waals surface area contributed by atoms with Crippen molar-refractivity contribution in [2.45, 2.75) is 32.1 Å². The average Bonchev–Trinajstić information content (AvgIpc) is 3.03. The van der Waals surface area contributed by atoms with E-state index in [1.165, 1.54) is 17.0 Å². The molecule has 2 heterocycles. The minimum absolute atomic E-state index is 0.00374. The first kappa shape index (κ1) is 17.9. The molecular weight excluding hydrogens is 353 g/mol. The van der Waals surface area contributed by atoms with Gasteiger partial charge in [0.1, 0.15) is 0 Å². The number of carboxylic acids is 1. The lowest BCUT2D eigenvalue weighted by molar-refractivity contribution is -0.148. The normalized spacial score (nSPS) is 14.2. The maximum Gasteiger partial charge on any atom is 0.451 e. The van der Waals surface area contributed by atoms with Crippen LogP contribution >= 0.6 is 0 Å². The molecule has 1 aliphatic rings. The number of halogens is 3. The van der Waals surface area contributed by atoms with Crippen LogP contribution in [0.15, 0.2) is 24.3 Å². The molecule has 0 saturated heterocycles. The molecule has 1 aliphatic heterocycles. The van der Waals surface area contributed by atoms with E-state index in [0.717, 1.165) is 10.1 Å². The first-order valence-corrected chi connectivity index (χ1v) is 7.85. The van der Waals surface area contributed by atoms with Crippen molar-refractivity contribution in [2.24, 2.45) is 0 Å². The third-order valence-electron chi connectivity index (χ3n) is 4.19. The van der Waals surface area contributed by atoms with Gasteiger partial charge >= 0.3 is 12.1 Å². The fourth-order valence-electron chi connectivity index (χ4n) is 2.80. The molecule has 1 N–H and O–H groups in total. The predicted molar refractivity (Wildman–Crippen MR) is 82.2 cm³/mol. The molecule has 1 aromatic carbocycles. The molecule has 1 amide bonds. The standard InChI is InChI=1S/C16H15F3N4O3/c17-16(18,19)15-21-20-12-9-22(7-8-23(12)15)13(24)6-3-10-1-4-11(5-2-10)14(25)26/h1-2,4-5H,3,6-9H2,(H,25,26). The summed E-state index contributed by atoms with van der Waals surface area (Å²) >= 11 is 0. The number of carboxylic acid groups (broad SMARTS) is 1. The minimum atomic E-state index is -4.57. The van der Waals surface area contributed by atoms with Crippen LogP contribution in [0.25, 0.3) is 0 Å². The molecule has 0 unspecified atom stereocenters. The fourth-order valence-corrected chi connectivity index (χ4v) is 2.80. The topological polar surface area (TPSA) is 88.3 Å². The molecule has 1 aromatic heterocycles. The molecule has 138 valence electrons. The lowest BCUT2D eigenvalue weighted by Gasteiger charge is -2.28. The quantitative estimate of drug-likeness (QED) is 0.891. The smallest absolute Gasteiger partial charge is 0.451 e. The lowest BCUT2D eigenvalue weighted by Crippen LogP contribution is -2.39. The number of nitrogens with zero attached hydrogens (tertiary/aromatic N) is 4. The molecule has 0 spiro atoms. The maximum absolute atomic E-state index is 12.8. The van der Waals surface area contributed by atoms with E-state index in [0.29, 0.717) is 6.42 Å². The molecule has 2 aromatic rings. The van der Waals surface area contributed by atoms with E-state index in [1.54, 1.807) is 12.1 Å². The van der Waals surface area contributed by atoms with E-state index < -0.39 is 18.0 Å². The summed E-state index contributed by atoms with van der Waals surface area (Å²) in [6.45, 7) is 0.140. The maximum atomic E-state index is 12.8. The first-order valence-electron chi connectivity index (χ1n) is 7.85. The molecule has 0 radical (unpaired) electrons. The molecule has 3 rings (SSSR count). The van der Waals surface area contributed by atoms with Crippen molar-refractivity contribution in [3.8, 4) is 0 Å². The van der Waals surface area contributed by atoms with Gasteiger partial charge in [-0.15, -0.1) is 10.2 Å². The number of rotatable bonds is 4. The highest BCUT2D eigenvalue weighted by Gasteiger charge is 2.39. The Hall–Kier alpha value is -2.91. The van der Waals surface area contributed by atoms with E-state index in [2.05, 4.69) is 10.2 Å². The van der Waals surface area contributed by atoms with Crippen molar-refractivity contribution in [3.63, 3.8) is 0 Å². The van der Waals surface area contributed by atoms with Gasteiger partial charge < -0.3 is 14.6 Å². The summed E-state index contributed by atoms with van der Waals surface area (Å²) in [5, 5.41) is 15.6. The number of alkyl halides is 3. The van der Waals surface area contributed by atoms with E-state index >= 15 is 0 Å². The third-order valence-corrected chi connectivity index (χ3v) is 4.19. The Kier molecular flexibility index (Phi) is 4.66. The Morgan fingerprint density at radius 2 is 1.81 bits per heavy atom. The largest absolute Gasteiger partial charge is 0.478 e. The number of benzene rings is 1. The van der Waals surface area contributed by atoms with Crippen molar-refractivity contribution < 1.29 is 27.9 Å². The number of carbonyl (C=O) groups is 2. The van der Waals surface area contributed by atoms with E-state index in [4.69, 9.17) is 5.11 Å². The second kappa shape index (κ2) is 6.77. The van der Waals surface area contributed by atoms with Crippen LogP contribution < -0.4 is 0 Å². The van der Waals surface area contributed by atoms with Crippen LogP contribution in [0.5, 0.6) is 0 Å². The Balaban J connectivity index is 1.60. The number of aromatic nitrogens is 3. The summed E-state index contributed by atoms with van der Waals surface area (Å²) in [6, 6.07) is 6.20. The number of aryl methyl sites for hydroxylation is 1. The second-order valence-electron chi connectivity index (χ2n) is 5.91. The fraction of sp³-hybridized carbons (Fsp3) is 0.375. The molecule has 0 saturated carbocycles. The zero-order valence-corrected chi connectivity index (χ0v) is 13.5. The number of amides is 1. The minimum Gasteiger partial charge on any atom is -0.478 e. The highest BCUT2D eigenvalue weighted by atomic mass is 19.4. The Morgan fingerprint density at radius 1 is 1.12 bits per heavy atom. The van der Waals surface area contributed by atoms with Gasteiger partial charge in [-0.25, -0.2) is 4.79 Å². The van der Waals surface area contributed by atoms with Crippen molar-refractivity contribution in [1.82, 2.24) is 19.7 Å². The van der Waals surface area contributed by atoms with Gasteiger partial charge in [0, 0.05) is 19.5 Å². The summed E-state index contributed by atoms with van der Waals surface area (Å²) < 4.78 is 39.4. The monoisotopic (exact) mass is 368 g/mol. The Bertz CT molecular complexity index is 830. The Morgan fingerprint density at radius 3 is 2.42 bits per heavy atom. The van der Waals surface area contributed by atoms with Gasteiger partial charge in [-0.3, -0.25) is 4.79 Å².